The Kier molecular flexibility index (Phi) is 7.95. The molecule has 162 valence electrons. The summed E-state index contributed by atoms with van der Waals surface area (Å²) in [6.07, 6.45) is 2.52. The molecule has 2 amide bonds. The average Bonchev–Trinajstić information content (AvgIpc) is 3.01. The van der Waals surface area contributed by atoms with E-state index in [1.54, 1.807) is 56.7 Å². The van der Waals surface area contributed by atoms with E-state index in [9.17, 15) is 9.59 Å². The van der Waals surface area contributed by atoms with E-state index in [0.717, 1.165) is 5.56 Å². The number of hydrogen-bond acceptors (Lipinski definition) is 6. The molecule has 0 spiro atoms. The number of rotatable bonds is 8. The molecule has 1 heterocycles. The Hall–Kier alpha value is -2.55. The van der Waals surface area contributed by atoms with Gasteiger partial charge in [-0.3, -0.25) is 14.5 Å². The monoisotopic (exact) mass is 476 g/mol. The Morgan fingerprint density at radius 2 is 1.97 bits per heavy atom. The van der Waals surface area contributed by atoms with E-state index in [2.05, 4.69) is 5.32 Å². The number of hydrogen-bond donors (Lipinski definition) is 1. The molecule has 1 aliphatic heterocycles. The summed E-state index contributed by atoms with van der Waals surface area (Å²) >= 11 is 12.5. The number of nitrogens with zero attached hydrogens (tertiary/aromatic N) is 1. The van der Waals surface area contributed by atoms with Crippen LogP contribution in [0.2, 0.25) is 5.02 Å². The van der Waals surface area contributed by atoms with Crippen LogP contribution in [-0.4, -0.2) is 41.8 Å². The quantitative estimate of drug-likeness (QED) is 0.428. The predicted octanol–water partition coefficient (Wildman–Crippen LogP) is 4.98. The van der Waals surface area contributed by atoms with Crippen molar-refractivity contribution in [2.75, 3.05) is 26.1 Å². The zero-order valence-corrected chi connectivity index (χ0v) is 19.4. The molecule has 1 aliphatic rings. The van der Waals surface area contributed by atoms with Crippen molar-refractivity contribution in [3.05, 3.63) is 58.0 Å². The van der Waals surface area contributed by atoms with Crippen molar-refractivity contribution in [3.8, 4) is 11.5 Å². The van der Waals surface area contributed by atoms with Gasteiger partial charge in [0.25, 0.3) is 5.91 Å². The van der Waals surface area contributed by atoms with Crippen LogP contribution < -0.4 is 14.8 Å². The van der Waals surface area contributed by atoms with Crippen molar-refractivity contribution in [1.29, 1.82) is 0 Å². The van der Waals surface area contributed by atoms with Gasteiger partial charge in [0.15, 0.2) is 11.5 Å². The minimum atomic E-state index is -0.167. The SMILES string of the molecule is COc1ccc(C=C2SC(=S)N(CCCC(=O)Nc3cccc(Cl)c3)C2=O)cc1OC. The van der Waals surface area contributed by atoms with Crippen LogP contribution in [0.25, 0.3) is 6.08 Å². The molecule has 0 unspecified atom stereocenters. The average molecular weight is 477 g/mol. The highest BCUT2D eigenvalue weighted by atomic mass is 35.5. The molecular weight excluding hydrogens is 456 g/mol. The normalized spacial score (nSPS) is 14.8. The molecule has 3 rings (SSSR count). The molecule has 9 heteroatoms. The smallest absolute Gasteiger partial charge is 0.266 e. The molecule has 6 nitrogen and oxygen atoms in total. The fourth-order valence-corrected chi connectivity index (χ4v) is 4.47. The van der Waals surface area contributed by atoms with Crippen LogP contribution in [-0.2, 0) is 9.59 Å². The third-order valence-electron chi connectivity index (χ3n) is 4.47. The Labute approximate surface area is 195 Å². The highest BCUT2D eigenvalue weighted by Gasteiger charge is 2.31. The van der Waals surface area contributed by atoms with Gasteiger partial charge in [0.2, 0.25) is 5.91 Å². The lowest BCUT2D eigenvalue weighted by molar-refractivity contribution is -0.122. The van der Waals surface area contributed by atoms with E-state index in [0.29, 0.717) is 44.4 Å². The number of nitrogens with one attached hydrogen (secondary N) is 1. The van der Waals surface area contributed by atoms with E-state index in [1.807, 2.05) is 6.07 Å². The van der Waals surface area contributed by atoms with Gasteiger partial charge in [-0.25, -0.2) is 0 Å². The summed E-state index contributed by atoms with van der Waals surface area (Å²) in [5, 5.41) is 3.35. The topological polar surface area (TPSA) is 67.9 Å². The van der Waals surface area contributed by atoms with Gasteiger partial charge in [-0.1, -0.05) is 47.7 Å². The lowest BCUT2D eigenvalue weighted by Crippen LogP contribution is -2.29. The summed E-state index contributed by atoms with van der Waals surface area (Å²) in [5.74, 6) is 0.884. The van der Waals surface area contributed by atoms with Crippen LogP contribution in [0.15, 0.2) is 47.4 Å². The maximum Gasteiger partial charge on any atom is 0.266 e. The minimum Gasteiger partial charge on any atom is -0.493 e. The van der Waals surface area contributed by atoms with Crippen LogP contribution in [0.3, 0.4) is 0 Å². The number of halogens is 1. The number of thioether (sulfide) groups is 1. The second-order valence-electron chi connectivity index (χ2n) is 6.61. The number of amides is 2. The molecule has 2 aromatic rings. The van der Waals surface area contributed by atoms with E-state index in [1.165, 1.54) is 16.7 Å². The predicted molar refractivity (Wildman–Crippen MR) is 129 cm³/mol. The summed E-state index contributed by atoms with van der Waals surface area (Å²) < 4.78 is 11.0. The van der Waals surface area contributed by atoms with Gasteiger partial charge < -0.3 is 14.8 Å². The van der Waals surface area contributed by atoms with Crippen LogP contribution >= 0.6 is 35.6 Å². The van der Waals surface area contributed by atoms with Gasteiger partial charge in [-0.2, -0.15) is 0 Å². The summed E-state index contributed by atoms with van der Waals surface area (Å²) in [5.41, 5.74) is 1.44. The molecule has 1 fully saturated rings. The summed E-state index contributed by atoms with van der Waals surface area (Å²) in [7, 11) is 3.13. The second kappa shape index (κ2) is 10.7. The van der Waals surface area contributed by atoms with Gasteiger partial charge in [0.05, 0.1) is 19.1 Å². The zero-order chi connectivity index (χ0) is 22.4. The van der Waals surface area contributed by atoms with Gasteiger partial charge in [-0.05, 0) is 48.4 Å². The fraction of sp³-hybridized carbons (Fsp3) is 0.227. The molecule has 1 saturated heterocycles. The largest absolute Gasteiger partial charge is 0.493 e. The summed E-state index contributed by atoms with van der Waals surface area (Å²) in [6, 6.07) is 12.4. The Bertz CT molecular complexity index is 1040. The number of methoxy groups -OCH3 is 2. The summed E-state index contributed by atoms with van der Waals surface area (Å²) in [4.78, 5) is 27.0. The number of carbonyl (C=O) groups is 2. The first kappa shape index (κ1) is 23.1. The standard InChI is InChI=1S/C22H21ClN2O4S2/c1-28-17-9-8-14(11-18(17)29-2)12-19-21(27)25(22(30)31-19)10-4-7-20(26)24-16-6-3-5-15(23)13-16/h3,5-6,8-9,11-13H,4,7,10H2,1-2H3,(H,24,26). The second-order valence-corrected chi connectivity index (χ2v) is 8.72. The van der Waals surface area contributed by atoms with Crippen LogP contribution in [0, 0.1) is 0 Å². The van der Waals surface area contributed by atoms with Crippen molar-refractivity contribution in [2.45, 2.75) is 12.8 Å². The lowest BCUT2D eigenvalue weighted by Gasteiger charge is -2.14. The van der Waals surface area contributed by atoms with Crippen molar-refractivity contribution in [1.82, 2.24) is 4.90 Å². The molecule has 1 N–H and O–H groups in total. The van der Waals surface area contributed by atoms with Crippen molar-refractivity contribution in [3.63, 3.8) is 0 Å². The highest BCUT2D eigenvalue weighted by Crippen LogP contribution is 2.34. The molecular formula is C22H21ClN2O4S2. The van der Waals surface area contributed by atoms with E-state index in [4.69, 9.17) is 33.3 Å². The van der Waals surface area contributed by atoms with Crippen molar-refractivity contribution in [2.24, 2.45) is 0 Å². The Balaban J connectivity index is 1.57. The van der Waals surface area contributed by atoms with E-state index in [-0.39, 0.29) is 18.2 Å². The number of benzene rings is 2. The first-order chi connectivity index (χ1) is 14.9. The third kappa shape index (κ3) is 6.00. The molecule has 0 radical (unpaired) electrons. The minimum absolute atomic E-state index is 0.145. The van der Waals surface area contributed by atoms with Gasteiger partial charge in [0.1, 0.15) is 4.32 Å². The number of carbonyl (C=O) groups excluding carboxylic acids is 2. The molecule has 31 heavy (non-hydrogen) atoms. The number of anilines is 1. The molecule has 2 aromatic carbocycles. The van der Waals surface area contributed by atoms with Crippen LogP contribution in [0.1, 0.15) is 18.4 Å². The van der Waals surface area contributed by atoms with Crippen LogP contribution in [0.5, 0.6) is 11.5 Å². The lowest BCUT2D eigenvalue weighted by atomic mass is 10.2. The van der Waals surface area contributed by atoms with Crippen molar-refractivity contribution < 1.29 is 19.1 Å². The first-order valence-corrected chi connectivity index (χ1v) is 11.0. The Morgan fingerprint density at radius 1 is 1.19 bits per heavy atom. The highest BCUT2D eigenvalue weighted by molar-refractivity contribution is 8.26. The molecule has 0 saturated carbocycles. The summed E-state index contributed by atoms with van der Waals surface area (Å²) in [6.45, 7) is 0.372. The molecule has 0 atom stereocenters. The fourth-order valence-electron chi connectivity index (χ4n) is 2.97. The first-order valence-electron chi connectivity index (χ1n) is 9.44. The zero-order valence-electron chi connectivity index (χ0n) is 17.0. The molecule has 0 bridgehead atoms. The number of ether oxygens (including phenoxy) is 2. The molecule has 0 aliphatic carbocycles. The molecule has 0 aromatic heterocycles. The maximum atomic E-state index is 12.8. The van der Waals surface area contributed by atoms with E-state index >= 15 is 0 Å². The van der Waals surface area contributed by atoms with Gasteiger partial charge >= 0.3 is 0 Å². The van der Waals surface area contributed by atoms with Gasteiger partial charge in [-0.15, -0.1) is 0 Å². The van der Waals surface area contributed by atoms with Gasteiger partial charge in [0, 0.05) is 23.7 Å². The van der Waals surface area contributed by atoms with Crippen LogP contribution in [0.4, 0.5) is 5.69 Å². The maximum absolute atomic E-state index is 12.8. The third-order valence-corrected chi connectivity index (χ3v) is 6.09. The number of thiocarbonyl (C=S) groups is 1. The Morgan fingerprint density at radius 3 is 2.68 bits per heavy atom. The van der Waals surface area contributed by atoms with E-state index < -0.39 is 0 Å². The van der Waals surface area contributed by atoms with Crippen molar-refractivity contribution >= 4 is 63.5 Å².